The highest BCUT2D eigenvalue weighted by Gasteiger charge is 2.55. The summed E-state index contributed by atoms with van der Waals surface area (Å²) in [6, 6.07) is -0.214. The molecule has 0 unspecified atom stereocenters. The average Bonchev–Trinajstić information content (AvgIpc) is 3.25. The molecule has 1 saturated carbocycles. The van der Waals surface area contributed by atoms with Crippen molar-refractivity contribution in [3.8, 4) is 0 Å². The molecule has 7 nitrogen and oxygen atoms in total. The highest BCUT2D eigenvalue weighted by atomic mass is 32.1. The van der Waals surface area contributed by atoms with E-state index in [9.17, 15) is 9.59 Å². The summed E-state index contributed by atoms with van der Waals surface area (Å²) in [7, 11) is 0. The van der Waals surface area contributed by atoms with Crippen molar-refractivity contribution in [2.24, 2.45) is 5.92 Å². The molecule has 3 fully saturated rings. The number of hydrogen-bond donors (Lipinski definition) is 1. The molecule has 1 aromatic rings. The highest BCUT2D eigenvalue weighted by molar-refractivity contribution is 7.09. The first-order valence-corrected chi connectivity index (χ1v) is 12.1. The van der Waals surface area contributed by atoms with Crippen molar-refractivity contribution in [3.05, 3.63) is 16.1 Å². The van der Waals surface area contributed by atoms with E-state index in [0.717, 1.165) is 64.1 Å². The van der Waals surface area contributed by atoms with Gasteiger partial charge in [-0.25, -0.2) is 14.7 Å². The topological polar surface area (TPSA) is 68.8 Å². The van der Waals surface area contributed by atoms with Crippen LogP contribution in [0.4, 0.5) is 4.79 Å². The van der Waals surface area contributed by atoms with Gasteiger partial charge in [0.25, 0.3) is 5.91 Å². The molecule has 3 heterocycles. The Hall–Kier alpha value is -1.51. The molecular weight excluding hydrogens is 398 g/mol. The fourth-order valence-electron chi connectivity index (χ4n) is 4.87. The minimum Gasteiger partial charge on any atom is -0.323 e. The summed E-state index contributed by atoms with van der Waals surface area (Å²) in [4.78, 5) is 36.7. The van der Waals surface area contributed by atoms with Crippen LogP contribution < -0.4 is 5.32 Å². The molecule has 1 N–H and O–H groups in total. The molecule has 4 rings (SSSR count). The molecule has 30 heavy (non-hydrogen) atoms. The maximum absolute atomic E-state index is 13.2. The Morgan fingerprint density at radius 1 is 1.17 bits per heavy atom. The number of amides is 3. The van der Waals surface area contributed by atoms with E-state index in [-0.39, 0.29) is 23.3 Å². The van der Waals surface area contributed by atoms with Crippen LogP contribution >= 0.6 is 11.3 Å². The highest BCUT2D eigenvalue weighted by Crippen LogP contribution is 2.38. The predicted molar refractivity (Wildman–Crippen MR) is 118 cm³/mol. The van der Waals surface area contributed by atoms with Gasteiger partial charge >= 0.3 is 6.03 Å². The van der Waals surface area contributed by atoms with Crippen molar-refractivity contribution < 1.29 is 9.59 Å². The molecule has 3 aliphatic rings. The van der Waals surface area contributed by atoms with Crippen LogP contribution in [0.15, 0.2) is 5.38 Å². The zero-order valence-corrected chi connectivity index (χ0v) is 19.6. The minimum absolute atomic E-state index is 0.0145. The summed E-state index contributed by atoms with van der Waals surface area (Å²) in [5, 5.41) is 6.41. The van der Waals surface area contributed by atoms with E-state index >= 15 is 0 Å². The van der Waals surface area contributed by atoms with Gasteiger partial charge in [0.1, 0.15) is 5.54 Å². The normalized spacial score (nSPS) is 29.1. The van der Waals surface area contributed by atoms with Gasteiger partial charge in [0.2, 0.25) is 0 Å². The third-order valence-electron chi connectivity index (χ3n) is 6.89. The molecule has 1 aromatic heterocycles. The van der Waals surface area contributed by atoms with Crippen LogP contribution in [0.1, 0.15) is 64.1 Å². The Balaban J connectivity index is 1.30. The third-order valence-corrected chi connectivity index (χ3v) is 8.20. The van der Waals surface area contributed by atoms with E-state index in [1.165, 1.54) is 9.91 Å². The van der Waals surface area contributed by atoms with E-state index in [1.807, 2.05) is 0 Å². The fraction of sp³-hybridized carbons (Fsp3) is 0.773. The standard InChI is InChI=1S/C22H35N5O2S/c1-16-7-5-6-8-22(16)19(28)27(20(29)24-22)15-26-11-9-25(10-12-26)13-17-14-30-18(23-17)21(2,3)4/h14,16H,5-13,15H2,1-4H3,(H,24,29)/t16-,22+/m0/s1. The van der Waals surface area contributed by atoms with E-state index < -0.39 is 5.54 Å². The second-order valence-electron chi connectivity index (χ2n) is 10.2. The van der Waals surface area contributed by atoms with Crippen molar-refractivity contribution in [3.63, 3.8) is 0 Å². The Morgan fingerprint density at radius 2 is 1.87 bits per heavy atom. The molecule has 8 heteroatoms. The number of carbonyl (C=O) groups excluding carboxylic acids is 2. The zero-order chi connectivity index (χ0) is 21.5. The van der Waals surface area contributed by atoms with Crippen LogP contribution in [0, 0.1) is 5.92 Å². The summed E-state index contributed by atoms with van der Waals surface area (Å²) in [5.74, 6) is 0.194. The van der Waals surface area contributed by atoms with Gasteiger partial charge in [0.15, 0.2) is 0 Å². The first kappa shape index (κ1) is 21.7. The number of piperazine rings is 1. The molecule has 3 amide bonds. The van der Waals surface area contributed by atoms with Gasteiger partial charge in [-0.2, -0.15) is 0 Å². The first-order valence-electron chi connectivity index (χ1n) is 11.2. The number of carbonyl (C=O) groups is 2. The second-order valence-corrected chi connectivity index (χ2v) is 11.1. The largest absolute Gasteiger partial charge is 0.326 e. The summed E-state index contributed by atoms with van der Waals surface area (Å²) < 4.78 is 0. The van der Waals surface area contributed by atoms with Crippen LogP contribution in [-0.2, 0) is 16.8 Å². The van der Waals surface area contributed by atoms with Crippen LogP contribution in [0.2, 0.25) is 0 Å². The molecule has 2 saturated heterocycles. The van der Waals surface area contributed by atoms with Crippen LogP contribution in [0.5, 0.6) is 0 Å². The van der Waals surface area contributed by atoms with Crippen molar-refractivity contribution in [1.29, 1.82) is 0 Å². The fourth-order valence-corrected chi connectivity index (χ4v) is 5.76. The lowest BCUT2D eigenvalue weighted by molar-refractivity contribution is -0.136. The number of imide groups is 1. The lowest BCUT2D eigenvalue weighted by Crippen LogP contribution is -2.55. The number of aromatic nitrogens is 1. The lowest BCUT2D eigenvalue weighted by atomic mass is 9.73. The van der Waals surface area contributed by atoms with Gasteiger partial charge in [-0.1, -0.05) is 40.5 Å². The molecular formula is C22H35N5O2S. The van der Waals surface area contributed by atoms with Gasteiger partial charge in [-0.05, 0) is 18.8 Å². The van der Waals surface area contributed by atoms with Crippen LogP contribution in [-0.4, -0.2) is 70.0 Å². The molecule has 166 valence electrons. The third kappa shape index (κ3) is 4.14. The molecule has 0 radical (unpaired) electrons. The quantitative estimate of drug-likeness (QED) is 0.740. The Kier molecular flexibility index (Phi) is 5.94. The Bertz CT molecular complexity index is 796. The van der Waals surface area contributed by atoms with Gasteiger partial charge in [-0.3, -0.25) is 14.6 Å². The zero-order valence-electron chi connectivity index (χ0n) is 18.7. The summed E-state index contributed by atoms with van der Waals surface area (Å²) in [5.41, 5.74) is 0.574. The molecule has 1 aliphatic carbocycles. The second kappa shape index (κ2) is 8.20. The van der Waals surface area contributed by atoms with Crippen molar-refractivity contribution in [2.45, 2.75) is 70.9 Å². The maximum Gasteiger partial charge on any atom is 0.326 e. The Labute approximate surface area is 183 Å². The number of rotatable bonds is 4. The number of hydrogen-bond acceptors (Lipinski definition) is 6. The Morgan fingerprint density at radius 3 is 2.50 bits per heavy atom. The van der Waals surface area contributed by atoms with Gasteiger partial charge in [0, 0.05) is 43.5 Å². The maximum atomic E-state index is 13.2. The molecule has 2 atom stereocenters. The van der Waals surface area contributed by atoms with Gasteiger partial charge in [0.05, 0.1) is 17.4 Å². The van der Waals surface area contributed by atoms with Crippen molar-refractivity contribution in [2.75, 3.05) is 32.8 Å². The number of nitrogens with zero attached hydrogens (tertiary/aromatic N) is 4. The predicted octanol–water partition coefficient (Wildman–Crippen LogP) is 3.02. The monoisotopic (exact) mass is 433 g/mol. The SMILES string of the molecule is C[C@H]1CCCC[C@@]12NC(=O)N(CN1CCN(Cc3csc(C(C)(C)C)n3)CC1)C2=O. The van der Waals surface area contributed by atoms with E-state index in [1.54, 1.807) is 11.3 Å². The molecule has 2 aliphatic heterocycles. The molecule has 0 bridgehead atoms. The van der Waals surface area contributed by atoms with Crippen molar-refractivity contribution >= 4 is 23.3 Å². The lowest BCUT2D eigenvalue weighted by Gasteiger charge is -2.38. The number of urea groups is 1. The number of thiazole rings is 1. The van der Waals surface area contributed by atoms with Crippen LogP contribution in [0.25, 0.3) is 0 Å². The summed E-state index contributed by atoms with van der Waals surface area (Å²) in [6.07, 6.45) is 3.93. The van der Waals surface area contributed by atoms with E-state index in [0.29, 0.717) is 6.67 Å². The van der Waals surface area contributed by atoms with Crippen LogP contribution in [0.3, 0.4) is 0 Å². The smallest absolute Gasteiger partial charge is 0.323 e. The molecule has 1 spiro atoms. The molecule has 0 aromatic carbocycles. The summed E-state index contributed by atoms with van der Waals surface area (Å²) >= 11 is 1.74. The van der Waals surface area contributed by atoms with E-state index in [2.05, 4.69) is 48.2 Å². The van der Waals surface area contributed by atoms with E-state index in [4.69, 9.17) is 4.98 Å². The average molecular weight is 434 g/mol. The van der Waals surface area contributed by atoms with Crippen molar-refractivity contribution in [1.82, 2.24) is 25.0 Å². The van der Waals surface area contributed by atoms with Gasteiger partial charge < -0.3 is 5.32 Å². The van der Waals surface area contributed by atoms with Gasteiger partial charge in [-0.15, -0.1) is 11.3 Å². The first-order chi connectivity index (χ1) is 14.2. The summed E-state index contributed by atoms with van der Waals surface area (Å²) in [6.45, 7) is 13.5. The number of nitrogens with one attached hydrogen (secondary N) is 1. The minimum atomic E-state index is -0.660.